The van der Waals surface area contributed by atoms with Gasteiger partial charge in [-0.15, -0.1) is 0 Å². The first kappa shape index (κ1) is 11.9. The largest absolute Gasteiger partial charge is 0.344 e. The van der Waals surface area contributed by atoms with Crippen LogP contribution in [0.3, 0.4) is 0 Å². The van der Waals surface area contributed by atoms with E-state index >= 15 is 0 Å². The van der Waals surface area contributed by atoms with Crippen molar-refractivity contribution < 1.29 is 14.6 Å². The van der Waals surface area contributed by atoms with Gasteiger partial charge in [-0.2, -0.15) is 0 Å². The van der Waals surface area contributed by atoms with Crippen LogP contribution in [-0.4, -0.2) is 63.0 Å². The molecular formula is C4H10CaO3. The van der Waals surface area contributed by atoms with Crippen LogP contribution in [0.5, 0.6) is 0 Å². The summed E-state index contributed by atoms with van der Waals surface area (Å²) in [5, 5.41) is 8.69. The Kier molecular flexibility index (Phi) is 7.38. The number of hydrogen-bond acceptors (Lipinski definition) is 3. The van der Waals surface area contributed by atoms with E-state index < -0.39 is 5.97 Å². The summed E-state index contributed by atoms with van der Waals surface area (Å²) < 4.78 is 8.84. The van der Waals surface area contributed by atoms with Crippen LogP contribution >= 0.6 is 0 Å². The maximum absolute atomic E-state index is 8.69. The molecule has 0 rings (SSSR count). The van der Waals surface area contributed by atoms with Gasteiger partial charge in [-0.1, -0.05) is 0 Å². The molecule has 0 fully saturated rings. The molecule has 0 aliphatic carbocycles. The fourth-order valence-corrected chi connectivity index (χ4v) is 0.0833. The third kappa shape index (κ3) is 5.28. The average molecular weight is 146 g/mol. The molecule has 1 N–H and O–H groups in total. The fraction of sp³-hybridized carbons (Fsp3) is 1.00. The van der Waals surface area contributed by atoms with E-state index in [-0.39, 0.29) is 37.7 Å². The van der Waals surface area contributed by atoms with Crippen molar-refractivity contribution in [3.05, 3.63) is 0 Å². The van der Waals surface area contributed by atoms with Crippen LogP contribution in [-0.2, 0) is 9.47 Å². The molecule has 2 radical (unpaired) electrons. The van der Waals surface area contributed by atoms with Crippen LogP contribution in [0.25, 0.3) is 0 Å². The Morgan fingerprint density at radius 3 is 1.50 bits per heavy atom. The van der Waals surface area contributed by atoms with Gasteiger partial charge in [-0.05, 0) is 0 Å². The maximum Gasteiger partial charge on any atom is 0.276 e. The van der Waals surface area contributed by atoms with Crippen molar-refractivity contribution in [2.24, 2.45) is 0 Å². The predicted octanol–water partition coefficient (Wildman–Crippen LogP) is -0.436. The molecular weight excluding hydrogens is 136 g/mol. The van der Waals surface area contributed by atoms with Gasteiger partial charge in [0.05, 0.1) is 0 Å². The monoisotopic (exact) mass is 146 g/mol. The molecule has 4 heteroatoms. The van der Waals surface area contributed by atoms with Crippen molar-refractivity contribution >= 4 is 37.7 Å². The van der Waals surface area contributed by atoms with Gasteiger partial charge in [0.15, 0.2) is 0 Å². The molecule has 0 bridgehead atoms. The van der Waals surface area contributed by atoms with Crippen LogP contribution in [0.2, 0.25) is 0 Å². The molecule has 0 aromatic heterocycles. The van der Waals surface area contributed by atoms with Crippen molar-refractivity contribution in [1.29, 1.82) is 0 Å². The first-order valence-corrected chi connectivity index (χ1v) is 1.95. The zero-order valence-corrected chi connectivity index (χ0v) is 7.68. The van der Waals surface area contributed by atoms with Crippen molar-refractivity contribution in [1.82, 2.24) is 0 Å². The third-order valence-corrected chi connectivity index (χ3v) is 0.757. The quantitative estimate of drug-likeness (QED) is 0.424. The van der Waals surface area contributed by atoms with Gasteiger partial charge in [0.25, 0.3) is 5.97 Å². The Morgan fingerprint density at radius 1 is 1.25 bits per heavy atom. The molecule has 0 spiro atoms. The van der Waals surface area contributed by atoms with Crippen molar-refractivity contribution in [3.63, 3.8) is 0 Å². The average Bonchev–Trinajstić information content (AvgIpc) is 1.68. The standard InChI is InChI=1S/C4H10O3.Ca/c1-4(5,6-2)7-3;/h5H,1-3H3;. The van der Waals surface area contributed by atoms with Gasteiger partial charge in [-0.25, -0.2) is 0 Å². The molecule has 0 saturated heterocycles. The Balaban J connectivity index is 0. The first-order valence-electron chi connectivity index (χ1n) is 1.95. The molecule has 8 heavy (non-hydrogen) atoms. The number of aliphatic hydroxyl groups is 1. The second-order valence-corrected chi connectivity index (χ2v) is 1.31. The normalized spacial score (nSPS) is 10.5. The van der Waals surface area contributed by atoms with Crippen LogP contribution in [0.1, 0.15) is 6.92 Å². The zero-order chi connectivity index (χ0) is 5.91. The molecule has 0 aromatic carbocycles. The van der Waals surface area contributed by atoms with Crippen molar-refractivity contribution in [2.45, 2.75) is 12.9 Å². The van der Waals surface area contributed by atoms with Crippen LogP contribution in [0.4, 0.5) is 0 Å². The molecule has 0 amide bonds. The Labute approximate surface area is 79.0 Å². The fourth-order valence-electron chi connectivity index (χ4n) is 0.0833. The summed E-state index contributed by atoms with van der Waals surface area (Å²) in [5.74, 6) is -1.42. The van der Waals surface area contributed by atoms with Gasteiger partial charge in [-0.3, -0.25) is 0 Å². The number of hydrogen-bond donors (Lipinski definition) is 1. The van der Waals surface area contributed by atoms with E-state index in [1.165, 1.54) is 21.1 Å². The second kappa shape index (κ2) is 4.97. The van der Waals surface area contributed by atoms with Crippen LogP contribution in [0.15, 0.2) is 0 Å². The molecule has 0 heterocycles. The molecule has 0 aliphatic rings. The van der Waals surface area contributed by atoms with E-state index in [0.717, 1.165) is 0 Å². The van der Waals surface area contributed by atoms with E-state index in [0.29, 0.717) is 0 Å². The molecule has 0 aliphatic heterocycles. The summed E-state index contributed by atoms with van der Waals surface area (Å²) >= 11 is 0. The van der Waals surface area contributed by atoms with Crippen molar-refractivity contribution in [3.8, 4) is 0 Å². The van der Waals surface area contributed by atoms with Crippen LogP contribution in [0, 0.1) is 0 Å². The maximum atomic E-state index is 8.69. The topological polar surface area (TPSA) is 38.7 Å². The Morgan fingerprint density at radius 2 is 1.50 bits per heavy atom. The summed E-state index contributed by atoms with van der Waals surface area (Å²) in [6, 6.07) is 0. The molecule has 0 saturated carbocycles. The predicted molar refractivity (Wildman–Crippen MR) is 30.4 cm³/mol. The molecule has 0 atom stereocenters. The molecule has 0 aromatic rings. The first-order chi connectivity index (χ1) is 3.12. The number of rotatable bonds is 2. The smallest absolute Gasteiger partial charge is 0.276 e. The molecule has 46 valence electrons. The van der Waals surface area contributed by atoms with Gasteiger partial charge in [0, 0.05) is 58.9 Å². The minimum absolute atomic E-state index is 0. The van der Waals surface area contributed by atoms with Crippen LogP contribution < -0.4 is 0 Å². The van der Waals surface area contributed by atoms with Gasteiger partial charge >= 0.3 is 0 Å². The Hall–Kier alpha value is 1.14. The van der Waals surface area contributed by atoms with Gasteiger partial charge in [0.2, 0.25) is 0 Å². The summed E-state index contributed by atoms with van der Waals surface area (Å²) in [6.07, 6.45) is 0. The zero-order valence-electron chi connectivity index (χ0n) is 5.47. The number of ether oxygens (including phenoxy) is 2. The van der Waals surface area contributed by atoms with E-state index in [1.807, 2.05) is 0 Å². The summed E-state index contributed by atoms with van der Waals surface area (Å²) in [5.41, 5.74) is 0. The summed E-state index contributed by atoms with van der Waals surface area (Å²) in [4.78, 5) is 0. The van der Waals surface area contributed by atoms with E-state index in [1.54, 1.807) is 0 Å². The van der Waals surface area contributed by atoms with E-state index in [2.05, 4.69) is 9.47 Å². The SMILES string of the molecule is COC(C)(O)OC.[Ca]. The molecule has 0 unspecified atom stereocenters. The summed E-state index contributed by atoms with van der Waals surface area (Å²) in [6.45, 7) is 1.41. The molecule has 3 nitrogen and oxygen atoms in total. The van der Waals surface area contributed by atoms with Crippen molar-refractivity contribution in [2.75, 3.05) is 14.2 Å². The third-order valence-electron chi connectivity index (χ3n) is 0.757. The van der Waals surface area contributed by atoms with E-state index in [9.17, 15) is 0 Å². The van der Waals surface area contributed by atoms with E-state index in [4.69, 9.17) is 5.11 Å². The Bertz CT molecular complexity index is 49.2. The minimum atomic E-state index is -1.42. The number of methoxy groups -OCH3 is 2. The summed E-state index contributed by atoms with van der Waals surface area (Å²) in [7, 11) is 2.73. The van der Waals surface area contributed by atoms with Gasteiger partial charge in [0.1, 0.15) is 0 Å². The second-order valence-electron chi connectivity index (χ2n) is 1.31. The minimum Gasteiger partial charge on any atom is -0.344 e. The van der Waals surface area contributed by atoms with Gasteiger partial charge < -0.3 is 14.6 Å².